The van der Waals surface area contributed by atoms with E-state index in [1.807, 2.05) is 13.8 Å². The fourth-order valence-electron chi connectivity index (χ4n) is 0.984. The molecule has 17 heavy (non-hydrogen) atoms. The maximum atomic E-state index is 11.8. The van der Waals surface area contributed by atoms with E-state index in [0.717, 1.165) is 5.57 Å². The molecule has 0 aromatic heterocycles. The van der Waals surface area contributed by atoms with Crippen LogP contribution in [0.25, 0.3) is 0 Å². The molecule has 0 aliphatic rings. The van der Waals surface area contributed by atoms with Crippen molar-refractivity contribution < 1.29 is 4.79 Å². The molecule has 0 bridgehead atoms. The summed E-state index contributed by atoms with van der Waals surface area (Å²) in [6.07, 6.45) is 1.80. The van der Waals surface area contributed by atoms with E-state index in [4.69, 9.17) is 5.73 Å². The molecule has 0 heterocycles. The summed E-state index contributed by atoms with van der Waals surface area (Å²) in [4.78, 5) is 16.0. The molecular weight excluding hydrogens is 214 g/mol. The van der Waals surface area contributed by atoms with Crippen LogP contribution in [0.1, 0.15) is 34.6 Å². The lowest BCUT2D eigenvalue weighted by Gasteiger charge is -2.10. The van der Waals surface area contributed by atoms with Gasteiger partial charge < -0.3 is 11.1 Å². The number of allylic oxidation sites excluding steroid dienone is 1. The van der Waals surface area contributed by atoms with Crippen LogP contribution in [0.2, 0.25) is 0 Å². The molecule has 0 saturated heterocycles. The largest absolute Gasteiger partial charge is 0.386 e. The van der Waals surface area contributed by atoms with Gasteiger partial charge in [-0.3, -0.25) is 9.79 Å². The van der Waals surface area contributed by atoms with Gasteiger partial charge in [-0.2, -0.15) is 0 Å². The number of nitrogens with one attached hydrogen (secondary N) is 1. The van der Waals surface area contributed by atoms with Gasteiger partial charge >= 0.3 is 0 Å². The van der Waals surface area contributed by atoms with Crippen LogP contribution >= 0.6 is 0 Å². The molecule has 1 atom stereocenters. The highest BCUT2D eigenvalue weighted by Gasteiger charge is 2.11. The zero-order valence-electron chi connectivity index (χ0n) is 11.4. The maximum absolute atomic E-state index is 11.8. The van der Waals surface area contributed by atoms with Gasteiger partial charge in [-0.15, -0.1) is 0 Å². The highest BCUT2D eigenvalue weighted by molar-refractivity contribution is 5.96. The molecule has 3 N–H and O–H groups in total. The number of carbonyl (C=O) groups is 1. The summed E-state index contributed by atoms with van der Waals surface area (Å²) in [6.45, 7) is 13.4. The predicted octanol–water partition coefficient (Wildman–Crippen LogP) is 2.19. The van der Waals surface area contributed by atoms with Crippen molar-refractivity contribution in [2.24, 2.45) is 22.6 Å². The van der Waals surface area contributed by atoms with Crippen LogP contribution in [0.5, 0.6) is 0 Å². The van der Waals surface area contributed by atoms with E-state index in [-0.39, 0.29) is 11.7 Å². The van der Waals surface area contributed by atoms with Crippen molar-refractivity contribution in [3.05, 3.63) is 23.7 Å². The first-order chi connectivity index (χ1) is 7.75. The van der Waals surface area contributed by atoms with Crippen molar-refractivity contribution >= 4 is 12.1 Å². The third kappa shape index (κ3) is 5.90. The second-order valence-corrected chi connectivity index (χ2v) is 4.71. The normalized spacial score (nSPS) is 12.6. The average Bonchev–Trinajstić information content (AvgIpc) is 2.15. The molecule has 0 aromatic rings. The van der Waals surface area contributed by atoms with Gasteiger partial charge in [0.1, 0.15) is 5.70 Å². The van der Waals surface area contributed by atoms with E-state index >= 15 is 0 Å². The third-order valence-electron chi connectivity index (χ3n) is 2.45. The van der Waals surface area contributed by atoms with Crippen LogP contribution in [0.15, 0.2) is 28.7 Å². The van der Waals surface area contributed by atoms with Crippen molar-refractivity contribution in [3.63, 3.8) is 0 Å². The second-order valence-electron chi connectivity index (χ2n) is 4.71. The molecular formula is C13H23N3O. The molecule has 0 aromatic carbocycles. The van der Waals surface area contributed by atoms with Crippen LogP contribution in [0.3, 0.4) is 0 Å². The first kappa shape index (κ1) is 15.4. The topological polar surface area (TPSA) is 67.5 Å². The summed E-state index contributed by atoms with van der Waals surface area (Å²) in [7, 11) is 0. The second kappa shape index (κ2) is 6.89. The zero-order valence-corrected chi connectivity index (χ0v) is 11.4. The lowest BCUT2D eigenvalue weighted by atomic mass is 10.00. The van der Waals surface area contributed by atoms with Gasteiger partial charge in [0.25, 0.3) is 5.91 Å². The first-order valence-electron chi connectivity index (χ1n) is 5.73. The minimum Gasteiger partial charge on any atom is -0.386 e. The molecule has 0 rings (SSSR count). The van der Waals surface area contributed by atoms with Gasteiger partial charge in [0, 0.05) is 6.21 Å². The zero-order chi connectivity index (χ0) is 13.6. The molecule has 1 unspecified atom stereocenters. The van der Waals surface area contributed by atoms with Crippen LogP contribution in [0.4, 0.5) is 0 Å². The number of amides is 1. The van der Waals surface area contributed by atoms with Crippen molar-refractivity contribution in [3.8, 4) is 0 Å². The highest BCUT2D eigenvalue weighted by atomic mass is 16.2. The van der Waals surface area contributed by atoms with Crippen LogP contribution in [-0.4, -0.2) is 12.1 Å². The summed E-state index contributed by atoms with van der Waals surface area (Å²) in [5, 5.41) is 2.45. The standard InChI is InChI=1S/C13H23N3O/c1-8(2)10(5)7-15-12(9(3)4)13(17)16-11(6)14/h7-8,10H,6,14H2,1-5H3,(H,16,17)/b15-7-. The van der Waals surface area contributed by atoms with Crippen molar-refractivity contribution in [2.45, 2.75) is 34.6 Å². The van der Waals surface area contributed by atoms with Gasteiger partial charge in [0.2, 0.25) is 0 Å². The van der Waals surface area contributed by atoms with Crippen molar-refractivity contribution in [2.75, 3.05) is 0 Å². The number of aliphatic imine (C=N–C) groups is 1. The van der Waals surface area contributed by atoms with Gasteiger partial charge in [0.15, 0.2) is 0 Å². The monoisotopic (exact) mass is 237 g/mol. The fourth-order valence-corrected chi connectivity index (χ4v) is 0.984. The van der Waals surface area contributed by atoms with Gasteiger partial charge in [-0.1, -0.05) is 27.4 Å². The Morgan fingerprint density at radius 1 is 1.35 bits per heavy atom. The Labute approximate surface area is 104 Å². The molecule has 0 aliphatic carbocycles. The Morgan fingerprint density at radius 3 is 2.24 bits per heavy atom. The maximum Gasteiger partial charge on any atom is 0.275 e. The van der Waals surface area contributed by atoms with Crippen LogP contribution in [-0.2, 0) is 4.79 Å². The van der Waals surface area contributed by atoms with E-state index in [2.05, 4.69) is 37.7 Å². The van der Waals surface area contributed by atoms with Crippen molar-refractivity contribution in [1.29, 1.82) is 0 Å². The number of hydrogen-bond acceptors (Lipinski definition) is 3. The minimum absolute atomic E-state index is 0.126. The van der Waals surface area contributed by atoms with E-state index in [1.165, 1.54) is 0 Å². The molecule has 4 heteroatoms. The number of nitrogens with two attached hydrogens (primary N) is 1. The first-order valence-corrected chi connectivity index (χ1v) is 5.73. The summed E-state index contributed by atoms with van der Waals surface area (Å²) in [6, 6.07) is 0. The molecule has 4 nitrogen and oxygen atoms in total. The Kier molecular flexibility index (Phi) is 6.25. The summed E-state index contributed by atoms with van der Waals surface area (Å²) >= 11 is 0. The molecule has 0 saturated carbocycles. The van der Waals surface area contributed by atoms with Gasteiger partial charge in [-0.05, 0) is 31.3 Å². The SMILES string of the molecule is C=C(N)NC(=O)C(/N=C\C(C)C(C)C)=C(C)C. The number of carbonyl (C=O) groups excluding carboxylic acids is 1. The Morgan fingerprint density at radius 2 is 1.88 bits per heavy atom. The molecule has 0 spiro atoms. The number of rotatable bonds is 5. The Bertz CT molecular complexity index is 350. The fraction of sp³-hybridized carbons (Fsp3) is 0.538. The number of hydrogen-bond donors (Lipinski definition) is 2. The van der Waals surface area contributed by atoms with Gasteiger partial charge in [-0.25, -0.2) is 0 Å². The highest BCUT2D eigenvalue weighted by Crippen LogP contribution is 2.10. The third-order valence-corrected chi connectivity index (χ3v) is 2.45. The Hall–Kier alpha value is -1.58. The smallest absolute Gasteiger partial charge is 0.275 e. The van der Waals surface area contributed by atoms with Crippen LogP contribution in [0, 0.1) is 11.8 Å². The van der Waals surface area contributed by atoms with E-state index in [9.17, 15) is 4.79 Å². The average molecular weight is 237 g/mol. The molecule has 96 valence electrons. The summed E-state index contributed by atoms with van der Waals surface area (Å²) < 4.78 is 0. The minimum atomic E-state index is -0.315. The summed E-state index contributed by atoms with van der Waals surface area (Å²) in [5.41, 5.74) is 6.57. The van der Waals surface area contributed by atoms with E-state index < -0.39 is 0 Å². The molecule has 0 radical (unpaired) electrons. The van der Waals surface area contributed by atoms with E-state index in [1.54, 1.807) is 6.21 Å². The molecule has 0 aliphatic heterocycles. The van der Waals surface area contributed by atoms with Gasteiger partial charge in [0.05, 0.1) is 5.82 Å². The van der Waals surface area contributed by atoms with E-state index in [0.29, 0.717) is 17.5 Å². The lowest BCUT2D eigenvalue weighted by molar-refractivity contribution is -0.116. The van der Waals surface area contributed by atoms with Crippen LogP contribution < -0.4 is 11.1 Å². The lowest BCUT2D eigenvalue weighted by Crippen LogP contribution is -2.28. The predicted molar refractivity (Wildman–Crippen MR) is 72.3 cm³/mol. The summed E-state index contributed by atoms with van der Waals surface area (Å²) in [5.74, 6) is 0.619. The number of nitrogens with zero attached hydrogens (tertiary/aromatic N) is 1. The quantitative estimate of drug-likeness (QED) is 0.568. The Balaban J connectivity index is 4.86. The van der Waals surface area contributed by atoms with Crippen molar-refractivity contribution in [1.82, 2.24) is 5.32 Å². The molecule has 0 fully saturated rings. The molecule has 1 amide bonds.